The predicted octanol–water partition coefficient (Wildman–Crippen LogP) is 4.42. The minimum Gasteiger partial charge on any atom is -0.493 e. The molecule has 0 bridgehead atoms. The van der Waals surface area contributed by atoms with Gasteiger partial charge in [-0.15, -0.1) is 12.4 Å². The number of unbranched alkanes of at least 4 members (excludes halogenated alkanes) is 3. The number of benzene rings is 1. The Morgan fingerprint density at radius 3 is 2.53 bits per heavy atom. The van der Waals surface area contributed by atoms with E-state index in [0.717, 1.165) is 76.0 Å². The zero-order chi connectivity index (χ0) is 22.0. The molecule has 3 aliphatic heterocycles. The molecule has 0 amide bonds. The van der Waals surface area contributed by atoms with Crippen molar-refractivity contribution in [2.45, 2.75) is 70.4 Å². The third kappa shape index (κ3) is 5.06. The van der Waals surface area contributed by atoms with Gasteiger partial charge in [0.05, 0.1) is 20.0 Å². The van der Waals surface area contributed by atoms with Crippen molar-refractivity contribution in [2.24, 2.45) is 5.92 Å². The van der Waals surface area contributed by atoms with E-state index < -0.39 is 10.0 Å². The van der Waals surface area contributed by atoms with Crippen LogP contribution in [0.15, 0.2) is 12.1 Å². The molecule has 8 heteroatoms. The Hall–Kier alpha value is -1.02. The van der Waals surface area contributed by atoms with Crippen LogP contribution in [0.3, 0.4) is 0 Å². The summed E-state index contributed by atoms with van der Waals surface area (Å²) in [4.78, 5) is 2.58. The largest absolute Gasteiger partial charge is 0.493 e. The molecule has 6 nitrogen and oxygen atoms in total. The van der Waals surface area contributed by atoms with E-state index in [9.17, 15) is 8.42 Å². The van der Waals surface area contributed by atoms with Crippen molar-refractivity contribution in [3.63, 3.8) is 0 Å². The van der Waals surface area contributed by atoms with Gasteiger partial charge in [0.15, 0.2) is 11.5 Å². The van der Waals surface area contributed by atoms with Crippen molar-refractivity contribution in [3.05, 3.63) is 23.3 Å². The fourth-order valence-corrected chi connectivity index (χ4v) is 7.79. The smallest absolute Gasteiger partial charge is 0.214 e. The fourth-order valence-electron chi connectivity index (χ4n) is 5.90. The summed E-state index contributed by atoms with van der Waals surface area (Å²) >= 11 is 0. The molecule has 0 radical (unpaired) electrons. The molecule has 2 saturated heterocycles. The topological polar surface area (TPSA) is 59.1 Å². The Morgan fingerprint density at radius 1 is 1.06 bits per heavy atom. The second kappa shape index (κ2) is 10.9. The van der Waals surface area contributed by atoms with Gasteiger partial charge in [0, 0.05) is 31.7 Å². The van der Waals surface area contributed by atoms with Crippen LogP contribution in [-0.4, -0.2) is 63.3 Å². The molecule has 0 aliphatic carbocycles. The first-order chi connectivity index (χ1) is 15.0. The molecule has 0 saturated carbocycles. The molecule has 3 aliphatic rings. The van der Waals surface area contributed by atoms with Gasteiger partial charge in [-0.05, 0) is 61.3 Å². The zero-order valence-electron chi connectivity index (χ0n) is 19.7. The van der Waals surface area contributed by atoms with Crippen LogP contribution in [0.1, 0.15) is 69.0 Å². The van der Waals surface area contributed by atoms with Crippen LogP contribution in [-0.2, 0) is 16.4 Å². The van der Waals surface area contributed by atoms with Gasteiger partial charge >= 0.3 is 0 Å². The summed E-state index contributed by atoms with van der Waals surface area (Å²) in [5.74, 6) is 2.27. The molecule has 0 unspecified atom stereocenters. The Bertz CT molecular complexity index is 879. The van der Waals surface area contributed by atoms with Gasteiger partial charge in [-0.25, -0.2) is 8.42 Å². The number of fused-ring (bicyclic) bond motifs is 4. The van der Waals surface area contributed by atoms with Gasteiger partial charge in [-0.1, -0.05) is 26.2 Å². The lowest BCUT2D eigenvalue weighted by Crippen LogP contribution is -2.57. The molecular formula is C24H39ClN2O4S. The van der Waals surface area contributed by atoms with Gasteiger partial charge in [0.2, 0.25) is 10.0 Å². The van der Waals surface area contributed by atoms with Gasteiger partial charge in [0.1, 0.15) is 0 Å². The van der Waals surface area contributed by atoms with Crippen LogP contribution >= 0.6 is 12.4 Å². The van der Waals surface area contributed by atoms with E-state index in [2.05, 4.69) is 24.0 Å². The molecule has 0 spiro atoms. The van der Waals surface area contributed by atoms with Crippen LogP contribution in [0.5, 0.6) is 11.5 Å². The number of hydrogen-bond acceptors (Lipinski definition) is 5. The highest BCUT2D eigenvalue weighted by atomic mass is 35.5. The SMILES string of the molecule is CCCCCCS(=O)(=O)N1CCC[C@@H]2CN3CCc4cc(OC)c(OC)cc4[C@@H]3C[C@@H]21.Cl. The lowest BCUT2D eigenvalue weighted by atomic mass is 9.77. The summed E-state index contributed by atoms with van der Waals surface area (Å²) in [6.07, 6.45) is 8.01. The van der Waals surface area contributed by atoms with Crippen molar-refractivity contribution in [2.75, 3.05) is 39.6 Å². The molecule has 2 fully saturated rings. The van der Waals surface area contributed by atoms with E-state index in [0.29, 0.717) is 18.2 Å². The van der Waals surface area contributed by atoms with E-state index in [1.54, 1.807) is 14.2 Å². The van der Waals surface area contributed by atoms with E-state index in [4.69, 9.17) is 9.47 Å². The van der Waals surface area contributed by atoms with Gasteiger partial charge in [-0.3, -0.25) is 4.90 Å². The molecular weight excluding hydrogens is 448 g/mol. The average Bonchev–Trinajstić information content (AvgIpc) is 2.79. The summed E-state index contributed by atoms with van der Waals surface area (Å²) < 4.78 is 39.5. The molecule has 32 heavy (non-hydrogen) atoms. The monoisotopic (exact) mass is 486 g/mol. The van der Waals surface area contributed by atoms with Crippen LogP contribution in [0.25, 0.3) is 0 Å². The number of sulfonamides is 1. The van der Waals surface area contributed by atoms with Gasteiger partial charge < -0.3 is 9.47 Å². The number of ether oxygens (including phenoxy) is 2. The van der Waals surface area contributed by atoms with Crippen molar-refractivity contribution in [1.29, 1.82) is 0 Å². The van der Waals surface area contributed by atoms with Crippen molar-refractivity contribution >= 4 is 22.4 Å². The first kappa shape index (κ1) is 25.6. The molecule has 1 aromatic carbocycles. The number of nitrogens with zero attached hydrogens (tertiary/aromatic N) is 2. The zero-order valence-corrected chi connectivity index (χ0v) is 21.3. The maximum absolute atomic E-state index is 13.3. The minimum absolute atomic E-state index is 0. The lowest BCUT2D eigenvalue weighted by Gasteiger charge is -2.51. The second-order valence-electron chi connectivity index (χ2n) is 9.36. The first-order valence-electron chi connectivity index (χ1n) is 12.0. The van der Waals surface area contributed by atoms with Gasteiger partial charge in [0.25, 0.3) is 0 Å². The fraction of sp³-hybridized carbons (Fsp3) is 0.750. The quantitative estimate of drug-likeness (QED) is 0.509. The molecule has 4 rings (SSSR count). The number of piperidine rings is 2. The summed E-state index contributed by atoms with van der Waals surface area (Å²) in [7, 11) is 0.150. The molecule has 0 aromatic heterocycles. The Morgan fingerprint density at radius 2 is 1.81 bits per heavy atom. The van der Waals surface area contributed by atoms with E-state index in [-0.39, 0.29) is 24.5 Å². The standard InChI is InChI=1S/C24H38N2O4S.ClH/c1-4-5-6-7-13-31(27,28)26-11-8-9-19-17-25-12-10-18-14-23(29-2)24(30-3)15-20(18)22(25)16-21(19)26;/h14-15,19,21-22H,4-13,16-17H2,1-3H3;1H/t19-,21+,22+;/m1./s1. The number of halogens is 1. The normalized spacial score (nSPS) is 25.8. The van der Waals surface area contributed by atoms with Crippen LogP contribution in [0, 0.1) is 5.92 Å². The van der Waals surface area contributed by atoms with Crippen LogP contribution < -0.4 is 9.47 Å². The highest BCUT2D eigenvalue weighted by Gasteiger charge is 2.45. The molecule has 3 heterocycles. The Balaban J connectivity index is 0.00000289. The summed E-state index contributed by atoms with van der Waals surface area (Å²) in [6.45, 7) is 4.86. The highest BCUT2D eigenvalue weighted by molar-refractivity contribution is 7.89. The van der Waals surface area contributed by atoms with Crippen molar-refractivity contribution < 1.29 is 17.9 Å². The summed E-state index contributed by atoms with van der Waals surface area (Å²) in [5, 5.41) is 0. The molecule has 1 aromatic rings. The summed E-state index contributed by atoms with van der Waals surface area (Å²) in [5.41, 5.74) is 2.59. The molecule has 182 valence electrons. The van der Waals surface area contributed by atoms with E-state index in [1.165, 1.54) is 11.1 Å². The predicted molar refractivity (Wildman–Crippen MR) is 131 cm³/mol. The Kier molecular flexibility index (Phi) is 8.75. The van der Waals surface area contributed by atoms with Crippen LogP contribution in [0.4, 0.5) is 0 Å². The third-order valence-electron chi connectivity index (χ3n) is 7.53. The third-order valence-corrected chi connectivity index (χ3v) is 9.50. The van der Waals surface area contributed by atoms with Gasteiger partial charge in [-0.2, -0.15) is 4.31 Å². The lowest BCUT2D eigenvalue weighted by molar-refractivity contribution is 0.0218. The first-order valence-corrected chi connectivity index (χ1v) is 13.6. The van der Waals surface area contributed by atoms with E-state index >= 15 is 0 Å². The highest BCUT2D eigenvalue weighted by Crippen LogP contribution is 2.46. The number of hydrogen-bond donors (Lipinski definition) is 0. The van der Waals surface area contributed by atoms with Crippen molar-refractivity contribution in [1.82, 2.24) is 9.21 Å². The average molecular weight is 487 g/mol. The van der Waals surface area contributed by atoms with Crippen LogP contribution in [0.2, 0.25) is 0 Å². The molecule has 0 N–H and O–H groups in total. The number of methoxy groups -OCH3 is 2. The maximum Gasteiger partial charge on any atom is 0.214 e. The minimum atomic E-state index is -3.20. The summed E-state index contributed by atoms with van der Waals surface area (Å²) in [6, 6.07) is 4.60. The maximum atomic E-state index is 13.3. The second-order valence-corrected chi connectivity index (χ2v) is 11.4. The van der Waals surface area contributed by atoms with Crippen molar-refractivity contribution in [3.8, 4) is 11.5 Å². The van der Waals surface area contributed by atoms with E-state index in [1.807, 2.05) is 4.31 Å². The Labute approximate surface area is 200 Å². The number of rotatable bonds is 8. The molecule has 3 atom stereocenters.